The van der Waals surface area contributed by atoms with Gasteiger partial charge in [-0.05, 0) is 75.7 Å². The van der Waals surface area contributed by atoms with E-state index in [-0.39, 0.29) is 0 Å². The van der Waals surface area contributed by atoms with Crippen LogP contribution in [0.1, 0.15) is 38.5 Å². The van der Waals surface area contributed by atoms with E-state index in [4.69, 9.17) is 4.74 Å². The molecule has 2 heterocycles. The van der Waals surface area contributed by atoms with Crippen LogP contribution in [0.5, 0.6) is 5.75 Å². The molecule has 2 fully saturated rings. The normalized spacial score (nSPS) is 26.2. The lowest BCUT2D eigenvalue weighted by molar-refractivity contribution is 0.0630. The van der Waals surface area contributed by atoms with Crippen LogP contribution in [0.15, 0.2) is 30.3 Å². The Morgan fingerprint density at radius 2 is 1.95 bits per heavy atom. The quantitative estimate of drug-likeness (QED) is 0.816. The van der Waals surface area contributed by atoms with Gasteiger partial charge in [-0.2, -0.15) is 0 Å². The second-order valence-corrected chi connectivity index (χ2v) is 7.03. The summed E-state index contributed by atoms with van der Waals surface area (Å²) in [6.07, 6.45) is 7.98. The maximum Gasteiger partial charge on any atom is 0.119 e. The fraction of sp³-hybridized carbons (Fsp3) is 0.684. The zero-order valence-corrected chi connectivity index (χ0v) is 13.7. The number of piperidine rings is 2. The van der Waals surface area contributed by atoms with Crippen LogP contribution in [-0.4, -0.2) is 44.2 Å². The van der Waals surface area contributed by atoms with E-state index in [1.54, 1.807) is 0 Å². The molecule has 1 unspecified atom stereocenters. The van der Waals surface area contributed by atoms with Crippen molar-refractivity contribution in [2.45, 2.75) is 38.5 Å². The van der Waals surface area contributed by atoms with Gasteiger partial charge in [0, 0.05) is 13.1 Å². The van der Waals surface area contributed by atoms with Gasteiger partial charge in [-0.15, -0.1) is 0 Å². The van der Waals surface area contributed by atoms with Gasteiger partial charge in [0.2, 0.25) is 0 Å². The highest BCUT2D eigenvalue weighted by Crippen LogP contribution is 2.35. The third kappa shape index (κ3) is 4.47. The van der Waals surface area contributed by atoms with Crippen LogP contribution in [0.3, 0.4) is 0 Å². The van der Waals surface area contributed by atoms with E-state index in [2.05, 4.69) is 10.2 Å². The molecule has 0 amide bonds. The van der Waals surface area contributed by atoms with Gasteiger partial charge < -0.3 is 15.0 Å². The first-order valence-corrected chi connectivity index (χ1v) is 8.97. The number of hydrogen-bond acceptors (Lipinski definition) is 3. The zero-order chi connectivity index (χ0) is 15.1. The van der Waals surface area contributed by atoms with Crippen molar-refractivity contribution in [2.75, 3.05) is 39.3 Å². The minimum absolute atomic E-state index is 0.580. The van der Waals surface area contributed by atoms with Gasteiger partial charge in [-0.1, -0.05) is 18.2 Å². The van der Waals surface area contributed by atoms with E-state index in [9.17, 15) is 0 Å². The summed E-state index contributed by atoms with van der Waals surface area (Å²) in [5.41, 5.74) is 0.580. The molecule has 0 aromatic heterocycles. The highest BCUT2D eigenvalue weighted by atomic mass is 16.5. The molecule has 1 atom stereocenters. The molecule has 0 radical (unpaired) electrons. The highest BCUT2D eigenvalue weighted by molar-refractivity contribution is 5.20. The molecule has 0 aliphatic carbocycles. The van der Waals surface area contributed by atoms with Crippen LogP contribution in [0.25, 0.3) is 0 Å². The van der Waals surface area contributed by atoms with E-state index in [0.717, 1.165) is 18.8 Å². The number of rotatable bonds is 6. The molecule has 3 rings (SSSR count). The average Bonchev–Trinajstić information content (AvgIpc) is 2.56. The first-order chi connectivity index (χ1) is 10.9. The van der Waals surface area contributed by atoms with Crippen molar-refractivity contribution < 1.29 is 4.74 Å². The van der Waals surface area contributed by atoms with Crippen molar-refractivity contribution in [3.05, 3.63) is 30.3 Å². The molecule has 22 heavy (non-hydrogen) atoms. The summed E-state index contributed by atoms with van der Waals surface area (Å²) in [5, 5.41) is 3.61. The van der Waals surface area contributed by atoms with Crippen molar-refractivity contribution in [1.29, 1.82) is 0 Å². The number of nitrogens with zero attached hydrogens (tertiary/aromatic N) is 1. The number of unbranched alkanes of at least 4 members (excludes halogenated alkanes) is 1. The Hall–Kier alpha value is -1.06. The van der Waals surface area contributed by atoms with Crippen LogP contribution in [0.2, 0.25) is 0 Å². The lowest BCUT2D eigenvalue weighted by Crippen LogP contribution is -2.51. The van der Waals surface area contributed by atoms with Crippen LogP contribution in [-0.2, 0) is 0 Å². The Morgan fingerprint density at radius 1 is 1.09 bits per heavy atom. The Kier molecular flexibility index (Phi) is 5.74. The topological polar surface area (TPSA) is 24.5 Å². The smallest absolute Gasteiger partial charge is 0.119 e. The molecule has 1 aromatic rings. The van der Waals surface area contributed by atoms with Crippen molar-refractivity contribution >= 4 is 0 Å². The predicted molar refractivity (Wildman–Crippen MR) is 91.4 cm³/mol. The molecular formula is C19H30N2O. The fourth-order valence-corrected chi connectivity index (χ4v) is 4.02. The maximum absolute atomic E-state index is 5.78. The van der Waals surface area contributed by atoms with Gasteiger partial charge in [0.15, 0.2) is 0 Å². The largest absolute Gasteiger partial charge is 0.494 e. The fourth-order valence-electron chi connectivity index (χ4n) is 4.02. The summed E-state index contributed by atoms with van der Waals surface area (Å²) in [4.78, 5) is 2.69. The van der Waals surface area contributed by atoms with Crippen LogP contribution >= 0.6 is 0 Å². The number of benzene rings is 1. The Bertz CT molecular complexity index is 423. The Labute approximate surface area is 135 Å². The van der Waals surface area contributed by atoms with Gasteiger partial charge in [-0.25, -0.2) is 0 Å². The minimum atomic E-state index is 0.580. The first kappa shape index (κ1) is 15.8. The zero-order valence-electron chi connectivity index (χ0n) is 13.7. The SMILES string of the molecule is c1ccc(OCCCCN2CCCC3(CCCNC3)C2)cc1. The van der Waals surface area contributed by atoms with Crippen molar-refractivity contribution in [2.24, 2.45) is 5.41 Å². The van der Waals surface area contributed by atoms with Gasteiger partial charge in [-0.3, -0.25) is 0 Å². The minimum Gasteiger partial charge on any atom is -0.494 e. The van der Waals surface area contributed by atoms with E-state index >= 15 is 0 Å². The standard InChI is InChI=1S/C19H30N2O/c1-2-8-18(9-3-1)22-15-5-4-13-21-14-7-11-19(17-21)10-6-12-20-16-19/h1-3,8-9,20H,4-7,10-17H2. The molecule has 1 N–H and O–H groups in total. The molecular weight excluding hydrogens is 272 g/mol. The second-order valence-electron chi connectivity index (χ2n) is 7.03. The first-order valence-electron chi connectivity index (χ1n) is 8.97. The van der Waals surface area contributed by atoms with Crippen LogP contribution in [0.4, 0.5) is 0 Å². The van der Waals surface area contributed by atoms with E-state index in [1.807, 2.05) is 30.3 Å². The number of nitrogens with one attached hydrogen (secondary N) is 1. The summed E-state index contributed by atoms with van der Waals surface area (Å²) < 4.78 is 5.78. The predicted octanol–water partition coefficient (Wildman–Crippen LogP) is 3.31. The molecule has 0 bridgehead atoms. The number of likely N-dealkylation sites (tertiary alicyclic amines) is 1. The number of para-hydroxylation sites is 1. The lowest BCUT2D eigenvalue weighted by Gasteiger charge is -2.45. The van der Waals surface area contributed by atoms with E-state index in [1.165, 1.54) is 64.8 Å². The highest BCUT2D eigenvalue weighted by Gasteiger charge is 2.36. The average molecular weight is 302 g/mol. The van der Waals surface area contributed by atoms with Crippen molar-refractivity contribution in [1.82, 2.24) is 10.2 Å². The third-order valence-corrected chi connectivity index (χ3v) is 5.18. The van der Waals surface area contributed by atoms with Crippen LogP contribution < -0.4 is 10.1 Å². The molecule has 2 saturated heterocycles. The molecule has 2 aliphatic heterocycles. The Morgan fingerprint density at radius 3 is 2.77 bits per heavy atom. The van der Waals surface area contributed by atoms with E-state index < -0.39 is 0 Å². The maximum atomic E-state index is 5.78. The van der Waals surface area contributed by atoms with Gasteiger partial charge in [0.25, 0.3) is 0 Å². The molecule has 2 aliphatic rings. The van der Waals surface area contributed by atoms with Gasteiger partial charge in [0.1, 0.15) is 5.75 Å². The summed E-state index contributed by atoms with van der Waals surface area (Å²) in [6, 6.07) is 10.1. The van der Waals surface area contributed by atoms with E-state index in [0.29, 0.717) is 5.41 Å². The summed E-state index contributed by atoms with van der Waals surface area (Å²) in [6.45, 7) is 7.13. The molecule has 1 spiro atoms. The summed E-state index contributed by atoms with van der Waals surface area (Å²) in [5.74, 6) is 0.993. The molecule has 122 valence electrons. The lowest BCUT2D eigenvalue weighted by atomic mass is 9.74. The summed E-state index contributed by atoms with van der Waals surface area (Å²) in [7, 11) is 0. The van der Waals surface area contributed by atoms with Gasteiger partial charge >= 0.3 is 0 Å². The summed E-state index contributed by atoms with van der Waals surface area (Å²) >= 11 is 0. The molecule has 3 nitrogen and oxygen atoms in total. The van der Waals surface area contributed by atoms with Crippen molar-refractivity contribution in [3.63, 3.8) is 0 Å². The van der Waals surface area contributed by atoms with Crippen LogP contribution in [0, 0.1) is 5.41 Å². The Balaban J connectivity index is 1.33. The monoisotopic (exact) mass is 302 g/mol. The third-order valence-electron chi connectivity index (χ3n) is 5.18. The van der Waals surface area contributed by atoms with Crippen molar-refractivity contribution in [3.8, 4) is 5.75 Å². The second kappa shape index (κ2) is 7.98. The van der Waals surface area contributed by atoms with Gasteiger partial charge in [0.05, 0.1) is 6.61 Å². The molecule has 0 saturated carbocycles. The molecule has 1 aromatic carbocycles. The number of ether oxygens (including phenoxy) is 1. The molecule has 3 heteroatoms. The number of hydrogen-bond donors (Lipinski definition) is 1.